The number of carbonyl (C=O) groups is 2. The first-order valence-electron chi connectivity index (χ1n) is 12.9. The second kappa shape index (κ2) is 12.9. The number of hydrogen-bond acceptors (Lipinski definition) is 6. The van der Waals surface area contributed by atoms with Crippen LogP contribution in [0.5, 0.6) is 0 Å². The van der Waals surface area contributed by atoms with Crippen molar-refractivity contribution in [1.82, 2.24) is 25.2 Å². The predicted octanol–water partition coefficient (Wildman–Crippen LogP) is 4.19. The monoisotopic (exact) mass is 574 g/mol. The zero-order valence-corrected chi connectivity index (χ0v) is 22.5. The SMILES string of the molecule is C[C@@H]1CN(C#CCNc2ccc(C(=O)N(C)OCF)cc2)CC[C@@H]1C(NC(=O)c1cccc2[nH]cnc12)C(F)(F)F. The molecule has 1 fully saturated rings. The quantitative estimate of drug-likeness (QED) is 0.212. The fourth-order valence-electron chi connectivity index (χ4n) is 4.90. The Morgan fingerprint density at radius 1 is 1.24 bits per heavy atom. The van der Waals surface area contributed by atoms with Crippen molar-refractivity contribution in [3.8, 4) is 12.0 Å². The number of carbonyl (C=O) groups excluding carboxylic acids is 2. The molecule has 0 radical (unpaired) electrons. The summed E-state index contributed by atoms with van der Waals surface area (Å²) in [5.74, 6) is 0.456. The van der Waals surface area contributed by atoms with Gasteiger partial charge in [-0.05, 0) is 54.7 Å². The van der Waals surface area contributed by atoms with Crippen LogP contribution in [0.15, 0.2) is 48.8 Å². The molecule has 0 saturated carbocycles. The minimum absolute atomic E-state index is 0.0841. The Hall–Kier alpha value is -4.31. The van der Waals surface area contributed by atoms with Crippen LogP contribution in [0.4, 0.5) is 23.2 Å². The highest BCUT2D eigenvalue weighted by molar-refractivity contribution is 6.04. The lowest BCUT2D eigenvalue weighted by atomic mass is 9.81. The molecule has 1 aliphatic rings. The molecule has 1 aromatic heterocycles. The van der Waals surface area contributed by atoms with Crippen molar-refractivity contribution in [1.29, 1.82) is 0 Å². The summed E-state index contributed by atoms with van der Waals surface area (Å²) in [6, 6.07) is 12.2. The van der Waals surface area contributed by atoms with E-state index in [4.69, 9.17) is 0 Å². The number of likely N-dealkylation sites (tertiary alicyclic amines) is 1. The number of hydroxylamine groups is 2. The maximum Gasteiger partial charge on any atom is 0.408 e. The lowest BCUT2D eigenvalue weighted by molar-refractivity contribution is -0.172. The van der Waals surface area contributed by atoms with Gasteiger partial charge in [-0.25, -0.2) is 19.3 Å². The van der Waals surface area contributed by atoms with Crippen molar-refractivity contribution in [2.24, 2.45) is 11.8 Å². The molecule has 2 aromatic carbocycles. The molecule has 1 saturated heterocycles. The second-order valence-corrected chi connectivity index (χ2v) is 9.73. The summed E-state index contributed by atoms with van der Waals surface area (Å²) in [6.07, 6.45) is -3.03. The van der Waals surface area contributed by atoms with Crippen LogP contribution in [0, 0.1) is 23.8 Å². The Bertz CT molecular complexity index is 1420. The van der Waals surface area contributed by atoms with Crippen LogP contribution >= 0.6 is 0 Å². The van der Waals surface area contributed by atoms with Crippen molar-refractivity contribution in [2.75, 3.05) is 38.9 Å². The van der Waals surface area contributed by atoms with E-state index in [-0.39, 0.29) is 24.4 Å². The van der Waals surface area contributed by atoms with E-state index in [2.05, 4.69) is 37.4 Å². The van der Waals surface area contributed by atoms with Crippen LogP contribution in [0.2, 0.25) is 0 Å². The molecular formula is C28H30F4N6O3. The zero-order valence-electron chi connectivity index (χ0n) is 22.5. The highest BCUT2D eigenvalue weighted by Crippen LogP contribution is 2.35. The van der Waals surface area contributed by atoms with Gasteiger partial charge in [-0.1, -0.05) is 18.9 Å². The van der Waals surface area contributed by atoms with Crippen molar-refractivity contribution in [3.63, 3.8) is 0 Å². The second-order valence-electron chi connectivity index (χ2n) is 9.73. The van der Waals surface area contributed by atoms with Gasteiger partial charge in [0.05, 0.1) is 24.0 Å². The summed E-state index contributed by atoms with van der Waals surface area (Å²) in [5.41, 5.74) is 1.99. The first kappa shape index (κ1) is 29.7. The van der Waals surface area contributed by atoms with E-state index in [1.165, 1.54) is 19.4 Å². The number of benzene rings is 2. The number of aromatic nitrogens is 2. The first-order valence-corrected chi connectivity index (χ1v) is 12.9. The number of nitrogens with zero attached hydrogens (tertiary/aromatic N) is 3. The maximum absolute atomic E-state index is 14.1. The summed E-state index contributed by atoms with van der Waals surface area (Å²) in [4.78, 5) is 38.2. The number of halogens is 4. The number of alkyl halides is 4. The summed E-state index contributed by atoms with van der Waals surface area (Å²) in [6.45, 7) is 1.53. The normalized spacial score (nSPS) is 17.9. The molecule has 2 heterocycles. The van der Waals surface area contributed by atoms with E-state index in [0.29, 0.717) is 35.4 Å². The van der Waals surface area contributed by atoms with Gasteiger partial charge in [-0.15, -0.1) is 0 Å². The minimum atomic E-state index is -4.62. The van der Waals surface area contributed by atoms with Crippen molar-refractivity contribution in [2.45, 2.75) is 25.6 Å². The third kappa shape index (κ3) is 7.26. The van der Waals surface area contributed by atoms with E-state index in [9.17, 15) is 27.2 Å². The third-order valence-corrected chi connectivity index (χ3v) is 7.01. The van der Waals surface area contributed by atoms with Gasteiger partial charge >= 0.3 is 6.18 Å². The highest BCUT2D eigenvalue weighted by atomic mass is 19.4. The minimum Gasteiger partial charge on any atom is -0.374 e. The Labute approximate surface area is 234 Å². The predicted molar refractivity (Wildman–Crippen MR) is 144 cm³/mol. The summed E-state index contributed by atoms with van der Waals surface area (Å²) < 4.78 is 54.6. The molecule has 1 aliphatic heterocycles. The van der Waals surface area contributed by atoms with E-state index < -0.39 is 36.8 Å². The maximum atomic E-state index is 14.1. The van der Waals surface area contributed by atoms with Crippen LogP contribution in [-0.4, -0.2) is 77.5 Å². The van der Waals surface area contributed by atoms with Crippen LogP contribution < -0.4 is 10.6 Å². The van der Waals surface area contributed by atoms with Gasteiger partial charge in [0.25, 0.3) is 11.8 Å². The molecule has 3 aromatic rings. The molecule has 2 amide bonds. The molecule has 1 unspecified atom stereocenters. The molecule has 41 heavy (non-hydrogen) atoms. The Kier molecular flexibility index (Phi) is 9.34. The molecule has 3 N–H and O–H groups in total. The standard InChI is InChI=1S/C28H30F4N6O3/c1-18-15-38(13-4-12-33-20-9-7-19(8-10-20)27(40)37(2)41-16-29)14-11-21(18)25(28(30,31)32)36-26(39)22-5-3-6-23-24(22)35-17-34-23/h3,5-10,17-18,21,25,33H,11-12,14-16H2,1-2H3,(H,34,35)(H,36,39)/t18-,21+,25?/m1/s1. The molecule has 0 spiro atoms. The van der Waals surface area contributed by atoms with Gasteiger partial charge in [-0.3, -0.25) is 9.59 Å². The molecule has 4 rings (SSSR count). The van der Waals surface area contributed by atoms with Gasteiger partial charge in [0.15, 0.2) is 0 Å². The van der Waals surface area contributed by atoms with Gasteiger partial charge in [0.1, 0.15) is 11.6 Å². The average molecular weight is 575 g/mol. The van der Waals surface area contributed by atoms with Crippen molar-refractivity contribution in [3.05, 3.63) is 59.9 Å². The van der Waals surface area contributed by atoms with Crippen LogP contribution in [0.3, 0.4) is 0 Å². The third-order valence-electron chi connectivity index (χ3n) is 7.01. The molecule has 0 bridgehead atoms. The fraction of sp³-hybridized carbons (Fsp3) is 0.393. The van der Waals surface area contributed by atoms with Crippen LogP contribution in [0.25, 0.3) is 11.0 Å². The van der Waals surface area contributed by atoms with Gasteiger partial charge in [-0.2, -0.15) is 13.2 Å². The Morgan fingerprint density at radius 3 is 2.68 bits per heavy atom. The molecule has 9 nitrogen and oxygen atoms in total. The van der Waals surface area contributed by atoms with Crippen molar-refractivity contribution >= 4 is 28.5 Å². The topological polar surface area (TPSA) is 103 Å². The smallest absolute Gasteiger partial charge is 0.374 e. The lowest BCUT2D eigenvalue weighted by Gasteiger charge is -2.40. The molecule has 13 heteroatoms. The number of hydrogen-bond donors (Lipinski definition) is 3. The Balaban J connectivity index is 1.32. The number of amides is 2. The number of imidazole rings is 1. The number of nitrogens with one attached hydrogen (secondary N) is 3. The van der Waals surface area contributed by atoms with Gasteiger partial charge < -0.3 is 20.5 Å². The largest absolute Gasteiger partial charge is 0.408 e. The Morgan fingerprint density at radius 2 is 2.00 bits per heavy atom. The number of aromatic amines is 1. The van der Waals surface area contributed by atoms with Crippen LogP contribution in [0.1, 0.15) is 34.1 Å². The number of para-hydroxylation sites is 1. The summed E-state index contributed by atoms with van der Waals surface area (Å²) in [5, 5.41) is 6.13. The number of H-pyrrole nitrogens is 1. The lowest BCUT2D eigenvalue weighted by Crippen LogP contribution is -2.55. The highest BCUT2D eigenvalue weighted by Gasteiger charge is 2.48. The molecule has 0 aliphatic carbocycles. The number of piperidine rings is 1. The number of anilines is 1. The molecule has 3 atom stereocenters. The van der Waals surface area contributed by atoms with E-state index in [1.54, 1.807) is 48.2 Å². The van der Waals surface area contributed by atoms with Crippen molar-refractivity contribution < 1.29 is 32.0 Å². The van der Waals surface area contributed by atoms with E-state index in [1.807, 2.05) is 0 Å². The zero-order chi connectivity index (χ0) is 29.6. The molecule has 218 valence electrons. The summed E-state index contributed by atoms with van der Waals surface area (Å²) in [7, 11) is 1.32. The first-order chi connectivity index (χ1) is 19.6. The number of rotatable bonds is 8. The van der Waals surface area contributed by atoms with E-state index >= 15 is 0 Å². The van der Waals surface area contributed by atoms with E-state index in [0.717, 1.165) is 5.06 Å². The van der Waals surface area contributed by atoms with Gasteiger partial charge in [0, 0.05) is 37.4 Å². The average Bonchev–Trinajstić information content (AvgIpc) is 3.43. The molecular weight excluding hydrogens is 544 g/mol. The fourth-order valence-corrected chi connectivity index (χ4v) is 4.90. The summed E-state index contributed by atoms with van der Waals surface area (Å²) >= 11 is 0. The van der Waals surface area contributed by atoms with Crippen LogP contribution in [-0.2, 0) is 4.84 Å². The van der Waals surface area contributed by atoms with Gasteiger partial charge in [0.2, 0.25) is 6.86 Å². The number of fused-ring (bicyclic) bond motifs is 1.